The van der Waals surface area contributed by atoms with Gasteiger partial charge in [0.1, 0.15) is 6.04 Å². The number of nitrogens with one attached hydrogen (secondary N) is 2. The van der Waals surface area contributed by atoms with Gasteiger partial charge < -0.3 is 15.2 Å². The summed E-state index contributed by atoms with van der Waals surface area (Å²) in [7, 11) is 0. The number of urea groups is 1. The second-order valence-electron chi connectivity index (χ2n) is 4.19. The van der Waals surface area contributed by atoms with Crippen molar-refractivity contribution >= 4 is 22.0 Å². The number of carbonyl (C=O) groups excluding carboxylic acids is 1. The average molecular weight is 339 g/mol. The average Bonchev–Trinajstić information content (AvgIpc) is 2.89. The Morgan fingerprint density at radius 3 is 2.75 bits per heavy atom. The van der Waals surface area contributed by atoms with Crippen molar-refractivity contribution in [3.63, 3.8) is 0 Å². The highest BCUT2D eigenvalue weighted by molar-refractivity contribution is 9.10. The second-order valence-corrected chi connectivity index (χ2v) is 5.10. The smallest absolute Gasteiger partial charge is 0.315 e. The normalized spacial score (nSPS) is 11.9. The first kappa shape index (κ1) is 14.5. The van der Waals surface area contributed by atoms with Crippen LogP contribution in [0.5, 0.6) is 0 Å². The summed E-state index contributed by atoms with van der Waals surface area (Å²) in [5, 5.41) is 9.28. The third-order valence-corrected chi connectivity index (χ3v) is 3.13. The lowest BCUT2D eigenvalue weighted by Gasteiger charge is -2.09. The SMILES string of the molecule is CCNC(=O)N[C@@H](C)c1nc(-c2ccc(Br)cc2)no1. The largest absolute Gasteiger partial charge is 0.338 e. The maximum absolute atomic E-state index is 11.4. The van der Waals surface area contributed by atoms with E-state index in [9.17, 15) is 4.79 Å². The van der Waals surface area contributed by atoms with Gasteiger partial charge in [-0.3, -0.25) is 0 Å². The summed E-state index contributed by atoms with van der Waals surface area (Å²) in [5.74, 6) is 0.867. The van der Waals surface area contributed by atoms with E-state index in [1.807, 2.05) is 31.2 Å². The van der Waals surface area contributed by atoms with Crippen molar-refractivity contribution in [2.24, 2.45) is 0 Å². The fraction of sp³-hybridized carbons (Fsp3) is 0.308. The molecular formula is C13H15BrN4O2. The van der Waals surface area contributed by atoms with Crippen molar-refractivity contribution in [3.8, 4) is 11.4 Å². The van der Waals surface area contributed by atoms with Crippen LogP contribution >= 0.6 is 15.9 Å². The molecule has 2 rings (SSSR count). The van der Waals surface area contributed by atoms with Crippen LogP contribution in [0.15, 0.2) is 33.3 Å². The summed E-state index contributed by atoms with van der Waals surface area (Å²) >= 11 is 3.37. The van der Waals surface area contributed by atoms with E-state index in [-0.39, 0.29) is 12.1 Å². The fourth-order valence-corrected chi connectivity index (χ4v) is 1.86. The Morgan fingerprint density at radius 2 is 2.10 bits per heavy atom. The van der Waals surface area contributed by atoms with E-state index < -0.39 is 0 Å². The third kappa shape index (κ3) is 3.57. The number of aromatic nitrogens is 2. The van der Waals surface area contributed by atoms with Crippen molar-refractivity contribution in [2.45, 2.75) is 19.9 Å². The van der Waals surface area contributed by atoms with Gasteiger partial charge >= 0.3 is 6.03 Å². The monoisotopic (exact) mass is 338 g/mol. The van der Waals surface area contributed by atoms with Crippen molar-refractivity contribution in [1.29, 1.82) is 0 Å². The Morgan fingerprint density at radius 1 is 1.40 bits per heavy atom. The molecule has 0 unspecified atom stereocenters. The first-order chi connectivity index (χ1) is 9.60. The highest BCUT2D eigenvalue weighted by Crippen LogP contribution is 2.20. The van der Waals surface area contributed by atoms with E-state index in [2.05, 4.69) is 36.7 Å². The molecule has 1 aromatic heterocycles. The van der Waals surface area contributed by atoms with Gasteiger partial charge in [0.25, 0.3) is 0 Å². The van der Waals surface area contributed by atoms with E-state index >= 15 is 0 Å². The van der Waals surface area contributed by atoms with Crippen molar-refractivity contribution < 1.29 is 9.32 Å². The topological polar surface area (TPSA) is 80.0 Å². The molecule has 2 aromatic rings. The summed E-state index contributed by atoms with van der Waals surface area (Å²) in [6.07, 6.45) is 0. The molecule has 1 aromatic carbocycles. The van der Waals surface area contributed by atoms with Gasteiger partial charge in [-0.15, -0.1) is 0 Å². The Kier molecular flexibility index (Phi) is 4.73. The number of hydrogen-bond acceptors (Lipinski definition) is 4. The molecule has 0 bridgehead atoms. The number of halogens is 1. The molecule has 1 heterocycles. The van der Waals surface area contributed by atoms with Crippen LogP contribution in [0.4, 0.5) is 4.79 Å². The molecule has 6 nitrogen and oxygen atoms in total. The summed E-state index contributed by atoms with van der Waals surface area (Å²) in [6, 6.07) is 6.98. The molecule has 0 saturated carbocycles. The number of nitrogens with zero attached hydrogens (tertiary/aromatic N) is 2. The highest BCUT2D eigenvalue weighted by Gasteiger charge is 2.16. The van der Waals surface area contributed by atoms with E-state index in [0.717, 1.165) is 10.0 Å². The van der Waals surface area contributed by atoms with Gasteiger partial charge in [-0.1, -0.05) is 21.1 Å². The third-order valence-electron chi connectivity index (χ3n) is 2.60. The molecule has 2 N–H and O–H groups in total. The summed E-state index contributed by atoms with van der Waals surface area (Å²) < 4.78 is 6.16. The molecule has 0 aliphatic heterocycles. The predicted molar refractivity (Wildman–Crippen MR) is 78.1 cm³/mol. The number of benzene rings is 1. The van der Waals surface area contributed by atoms with Crippen molar-refractivity contribution in [2.75, 3.05) is 6.54 Å². The summed E-state index contributed by atoms with van der Waals surface area (Å²) in [5.41, 5.74) is 0.855. The molecule has 0 spiro atoms. The van der Waals surface area contributed by atoms with Gasteiger partial charge in [0, 0.05) is 16.6 Å². The van der Waals surface area contributed by atoms with Gasteiger partial charge in [0.05, 0.1) is 0 Å². The van der Waals surface area contributed by atoms with Crippen LogP contribution < -0.4 is 10.6 Å². The van der Waals surface area contributed by atoms with Crippen LogP contribution in [-0.2, 0) is 0 Å². The summed E-state index contributed by atoms with van der Waals surface area (Å²) in [4.78, 5) is 15.7. The minimum atomic E-state index is -0.349. The van der Waals surface area contributed by atoms with Crippen molar-refractivity contribution in [1.82, 2.24) is 20.8 Å². The first-order valence-electron chi connectivity index (χ1n) is 6.24. The van der Waals surface area contributed by atoms with Gasteiger partial charge in [-0.25, -0.2) is 4.79 Å². The van der Waals surface area contributed by atoms with E-state index in [1.54, 1.807) is 6.92 Å². The molecule has 2 amide bonds. The maximum atomic E-state index is 11.4. The zero-order valence-corrected chi connectivity index (χ0v) is 12.8. The fourth-order valence-electron chi connectivity index (χ4n) is 1.60. The van der Waals surface area contributed by atoms with Crippen molar-refractivity contribution in [3.05, 3.63) is 34.6 Å². The van der Waals surface area contributed by atoms with Crippen LogP contribution in [0, 0.1) is 0 Å². The first-order valence-corrected chi connectivity index (χ1v) is 7.03. The lowest BCUT2D eigenvalue weighted by atomic mass is 10.2. The van der Waals surface area contributed by atoms with Gasteiger partial charge in [-0.2, -0.15) is 4.98 Å². The molecule has 0 aliphatic carbocycles. The van der Waals surface area contributed by atoms with Gasteiger partial charge in [-0.05, 0) is 38.1 Å². The minimum Gasteiger partial charge on any atom is -0.338 e. The van der Waals surface area contributed by atoms with Crippen LogP contribution in [0.1, 0.15) is 25.8 Å². The Labute approximate surface area is 125 Å². The van der Waals surface area contributed by atoms with E-state index in [0.29, 0.717) is 18.3 Å². The number of rotatable bonds is 4. The van der Waals surface area contributed by atoms with Gasteiger partial charge in [0.15, 0.2) is 0 Å². The zero-order chi connectivity index (χ0) is 14.5. The predicted octanol–water partition coefficient (Wildman–Crippen LogP) is 2.88. The molecule has 0 radical (unpaired) electrons. The zero-order valence-electron chi connectivity index (χ0n) is 11.2. The number of amides is 2. The standard InChI is InChI=1S/C13H15BrN4O2/c1-3-15-13(19)16-8(2)12-17-11(18-20-12)9-4-6-10(14)7-5-9/h4-8H,3H2,1-2H3,(H2,15,16,19)/t8-/m0/s1. The Bertz CT molecular complexity index is 582. The molecule has 106 valence electrons. The Balaban J connectivity index is 2.08. The summed E-state index contributed by atoms with van der Waals surface area (Å²) in [6.45, 7) is 4.20. The van der Waals surface area contributed by atoms with Crippen LogP contribution in [0.2, 0.25) is 0 Å². The number of carbonyl (C=O) groups is 1. The molecule has 0 aliphatic rings. The lowest BCUT2D eigenvalue weighted by molar-refractivity contribution is 0.234. The molecular weight excluding hydrogens is 324 g/mol. The highest BCUT2D eigenvalue weighted by atomic mass is 79.9. The van der Waals surface area contributed by atoms with E-state index in [1.165, 1.54) is 0 Å². The molecule has 1 atom stereocenters. The quantitative estimate of drug-likeness (QED) is 0.898. The lowest BCUT2D eigenvalue weighted by Crippen LogP contribution is -2.36. The molecule has 0 saturated heterocycles. The number of hydrogen-bond donors (Lipinski definition) is 2. The minimum absolute atomic E-state index is 0.261. The molecule has 0 fully saturated rings. The molecule has 7 heteroatoms. The molecule has 20 heavy (non-hydrogen) atoms. The van der Waals surface area contributed by atoms with Crippen LogP contribution in [-0.4, -0.2) is 22.7 Å². The van der Waals surface area contributed by atoms with Crippen LogP contribution in [0.25, 0.3) is 11.4 Å². The second kappa shape index (κ2) is 6.51. The van der Waals surface area contributed by atoms with Gasteiger partial charge in [0.2, 0.25) is 11.7 Å². The maximum Gasteiger partial charge on any atom is 0.315 e. The van der Waals surface area contributed by atoms with Crippen LogP contribution in [0.3, 0.4) is 0 Å². The van der Waals surface area contributed by atoms with E-state index in [4.69, 9.17) is 4.52 Å². The Hall–Kier alpha value is -1.89.